The number of alkyl halides is 3. The minimum atomic E-state index is -2.90. The Balaban J connectivity index is 0. The number of carboxylic acid groups (broad SMARTS) is 2. The van der Waals surface area contributed by atoms with Gasteiger partial charge in [0.15, 0.2) is 0 Å². The molecule has 0 aromatic carbocycles. The average Bonchev–Trinajstić information content (AvgIpc) is 1.84. The van der Waals surface area contributed by atoms with Crippen LogP contribution < -0.4 is 0 Å². The molecule has 0 aliphatic rings. The Morgan fingerprint density at radius 1 is 1.42 bits per heavy atom. The third-order valence-corrected chi connectivity index (χ3v) is 0.434. The van der Waals surface area contributed by atoms with E-state index in [4.69, 9.17) is 15.0 Å². The van der Waals surface area contributed by atoms with Crippen LogP contribution in [0.2, 0.25) is 0 Å². The molecule has 0 aromatic heterocycles. The van der Waals surface area contributed by atoms with Gasteiger partial charge in [0.1, 0.15) is 12.5 Å². The Labute approximate surface area is 64.9 Å². The Morgan fingerprint density at radius 2 is 1.75 bits per heavy atom. The number of hydrogen-bond acceptors (Lipinski definition) is 1. The topological polar surface area (TPSA) is 57.5 Å². The Morgan fingerprint density at radius 3 is 1.83 bits per heavy atom. The van der Waals surface area contributed by atoms with Crippen LogP contribution in [0.15, 0.2) is 11.9 Å². The summed E-state index contributed by atoms with van der Waals surface area (Å²) in [6.07, 6.45) is -4.80. The molecule has 0 saturated heterocycles. The van der Waals surface area contributed by atoms with E-state index in [0.717, 1.165) is 0 Å². The first-order valence-corrected chi connectivity index (χ1v) is 2.52. The first-order valence-electron chi connectivity index (χ1n) is 2.52. The first-order chi connectivity index (χ1) is 5.40. The number of hydrogen-bond donors (Lipinski definition) is 2. The molecule has 0 saturated carbocycles. The van der Waals surface area contributed by atoms with Crippen molar-refractivity contribution in [1.29, 1.82) is 0 Å². The van der Waals surface area contributed by atoms with Crippen LogP contribution in [-0.2, 0) is 0 Å². The van der Waals surface area contributed by atoms with Crippen LogP contribution in [0.1, 0.15) is 0 Å². The van der Waals surface area contributed by atoms with Gasteiger partial charge in [-0.1, -0.05) is 0 Å². The lowest BCUT2D eigenvalue weighted by atomic mass is 10.5. The van der Waals surface area contributed by atoms with E-state index >= 15 is 0 Å². The standard InChI is InChI=1S/C4H4F4.CH2O3/c5-2-3(6)1-4(7)8;2-1(3)4/h1,4H,2H2;(H2,2,3,4). The summed E-state index contributed by atoms with van der Waals surface area (Å²) in [7, 11) is 0. The molecule has 3 nitrogen and oxygen atoms in total. The molecule has 0 spiro atoms. The van der Waals surface area contributed by atoms with Crippen molar-refractivity contribution in [2.45, 2.75) is 6.43 Å². The molecule has 0 fully saturated rings. The molecular formula is C5H6F4O3. The zero-order valence-corrected chi connectivity index (χ0v) is 5.68. The summed E-state index contributed by atoms with van der Waals surface area (Å²) in [4.78, 5) is 8.56. The quantitative estimate of drug-likeness (QED) is 0.656. The van der Waals surface area contributed by atoms with Gasteiger partial charge in [-0.05, 0) is 0 Å². The molecule has 0 aromatic rings. The number of carbonyl (C=O) groups is 1. The van der Waals surface area contributed by atoms with Gasteiger partial charge in [0, 0.05) is 6.08 Å². The fraction of sp³-hybridized carbons (Fsp3) is 0.400. The molecule has 12 heavy (non-hydrogen) atoms. The van der Waals surface area contributed by atoms with Gasteiger partial charge in [0.05, 0.1) is 0 Å². The highest BCUT2D eigenvalue weighted by Crippen LogP contribution is 2.02. The third kappa shape index (κ3) is 23.3. The van der Waals surface area contributed by atoms with E-state index in [1.54, 1.807) is 0 Å². The van der Waals surface area contributed by atoms with E-state index in [2.05, 4.69) is 0 Å². The van der Waals surface area contributed by atoms with Crippen molar-refractivity contribution in [3.63, 3.8) is 0 Å². The van der Waals surface area contributed by atoms with Crippen molar-refractivity contribution in [1.82, 2.24) is 0 Å². The minimum absolute atomic E-state index is 0.0694. The summed E-state index contributed by atoms with van der Waals surface area (Å²) in [5.74, 6) is -1.42. The van der Waals surface area contributed by atoms with Crippen LogP contribution in [-0.4, -0.2) is 29.5 Å². The maximum absolute atomic E-state index is 11.4. The van der Waals surface area contributed by atoms with Gasteiger partial charge < -0.3 is 10.2 Å². The van der Waals surface area contributed by atoms with Crippen molar-refractivity contribution < 1.29 is 32.6 Å². The maximum atomic E-state index is 11.4. The largest absolute Gasteiger partial charge is 0.503 e. The number of halogens is 4. The van der Waals surface area contributed by atoms with Crippen LogP contribution in [0.5, 0.6) is 0 Å². The molecular weight excluding hydrogens is 184 g/mol. The second-order valence-corrected chi connectivity index (χ2v) is 1.36. The summed E-state index contributed by atoms with van der Waals surface area (Å²) in [5.41, 5.74) is 0. The Kier molecular flexibility index (Phi) is 8.70. The van der Waals surface area contributed by atoms with E-state index < -0.39 is 25.1 Å². The lowest BCUT2D eigenvalue weighted by Crippen LogP contribution is -1.85. The van der Waals surface area contributed by atoms with Crippen molar-refractivity contribution >= 4 is 6.16 Å². The van der Waals surface area contributed by atoms with E-state index in [1.807, 2.05) is 0 Å². The second-order valence-electron chi connectivity index (χ2n) is 1.36. The summed E-state index contributed by atoms with van der Waals surface area (Å²) < 4.78 is 44.3. The molecule has 0 radical (unpaired) electrons. The first kappa shape index (κ1) is 13.3. The van der Waals surface area contributed by atoms with Crippen LogP contribution in [0.25, 0.3) is 0 Å². The van der Waals surface area contributed by atoms with Crippen molar-refractivity contribution in [2.24, 2.45) is 0 Å². The van der Waals surface area contributed by atoms with Gasteiger partial charge in [0.2, 0.25) is 0 Å². The van der Waals surface area contributed by atoms with Crippen LogP contribution >= 0.6 is 0 Å². The monoisotopic (exact) mass is 190 g/mol. The lowest BCUT2D eigenvalue weighted by molar-refractivity contribution is 0.137. The zero-order valence-electron chi connectivity index (χ0n) is 5.68. The Bertz CT molecular complexity index is 153. The predicted molar refractivity (Wildman–Crippen MR) is 31.8 cm³/mol. The fourth-order valence-corrected chi connectivity index (χ4v) is 0.181. The molecule has 0 amide bonds. The van der Waals surface area contributed by atoms with Gasteiger partial charge in [-0.15, -0.1) is 0 Å². The predicted octanol–water partition coefficient (Wildman–Crippen LogP) is 2.30. The van der Waals surface area contributed by atoms with E-state index in [1.165, 1.54) is 0 Å². The molecule has 0 heterocycles. The highest BCUT2D eigenvalue weighted by molar-refractivity contribution is 5.53. The number of rotatable bonds is 2. The van der Waals surface area contributed by atoms with Crippen LogP contribution in [0.3, 0.4) is 0 Å². The lowest BCUT2D eigenvalue weighted by Gasteiger charge is -1.85. The van der Waals surface area contributed by atoms with Gasteiger partial charge in [-0.2, -0.15) is 0 Å². The van der Waals surface area contributed by atoms with Gasteiger partial charge in [0.25, 0.3) is 6.43 Å². The van der Waals surface area contributed by atoms with Crippen molar-refractivity contribution in [2.75, 3.05) is 6.67 Å². The van der Waals surface area contributed by atoms with Crippen LogP contribution in [0.4, 0.5) is 22.4 Å². The highest BCUT2D eigenvalue weighted by atomic mass is 19.3. The average molecular weight is 190 g/mol. The molecule has 0 aliphatic carbocycles. The van der Waals surface area contributed by atoms with E-state index in [-0.39, 0.29) is 6.08 Å². The van der Waals surface area contributed by atoms with E-state index in [9.17, 15) is 17.6 Å². The summed E-state index contributed by atoms with van der Waals surface area (Å²) >= 11 is 0. The summed E-state index contributed by atoms with van der Waals surface area (Å²) in [6, 6.07) is 0. The molecule has 0 bridgehead atoms. The van der Waals surface area contributed by atoms with Crippen molar-refractivity contribution in [3.05, 3.63) is 11.9 Å². The van der Waals surface area contributed by atoms with Gasteiger partial charge in [-0.25, -0.2) is 22.4 Å². The van der Waals surface area contributed by atoms with Gasteiger partial charge >= 0.3 is 6.16 Å². The van der Waals surface area contributed by atoms with E-state index in [0.29, 0.717) is 0 Å². The summed E-state index contributed by atoms with van der Waals surface area (Å²) in [6.45, 7) is -1.45. The molecule has 2 N–H and O–H groups in total. The molecule has 0 aliphatic heterocycles. The maximum Gasteiger partial charge on any atom is 0.503 e. The smallest absolute Gasteiger partial charge is 0.450 e. The van der Waals surface area contributed by atoms with Gasteiger partial charge in [-0.3, -0.25) is 0 Å². The molecule has 7 heteroatoms. The summed E-state index contributed by atoms with van der Waals surface area (Å²) in [5, 5.41) is 13.9. The zero-order chi connectivity index (χ0) is 10.1. The normalized spacial score (nSPS) is 10.6. The van der Waals surface area contributed by atoms with Crippen LogP contribution in [0, 0.1) is 0 Å². The number of allylic oxidation sites excluding steroid dienone is 2. The highest BCUT2D eigenvalue weighted by Gasteiger charge is 1.99. The molecule has 0 atom stereocenters. The second kappa shape index (κ2) is 7.83. The fourth-order valence-electron chi connectivity index (χ4n) is 0.181. The molecule has 0 rings (SSSR count). The molecule has 0 unspecified atom stereocenters. The minimum Gasteiger partial charge on any atom is -0.450 e. The third-order valence-electron chi connectivity index (χ3n) is 0.434. The Hall–Kier alpha value is -1.27. The van der Waals surface area contributed by atoms with Crippen molar-refractivity contribution in [3.8, 4) is 0 Å². The SMILES string of the molecule is FCC(F)=CC(F)F.O=C(O)O. The molecule has 72 valence electrons.